The minimum atomic E-state index is -3.82. The minimum Gasteiger partial charge on any atom is -0.270 e. The van der Waals surface area contributed by atoms with E-state index in [-0.39, 0.29) is 15.1 Å². The summed E-state index contributed by atoms with van der Waals surface area (Å²) in [6, 6.07) is 3.76. The van der Waals surface area contributed by atoms with Gasteiger partial charge in [-0.1, -0.05) is 6.92 Å². The molecule has 1 aromatic rings. The van der Waals surface area contributed by atoms with Gasteiger partial charge in [-0.3, -0.25) is 4.72 Å². The SMILES string of the molecule is CCCNS(=O)(=O)Nc1ccc(S(N)(=O)=O)cc1Br. The van der Waals surface area contributed by atoms with Crippen molar-refractivity contribution in [3.63, 3.8) is 0 Å². The number of nitrogens with one attached hydrogen (secondary N) is 2. The fraction of sp³-hybridized carbons (Fsp3) is 0.333. The van der Waals surface area contributed by atoms with Gasteiger partial charge in [0.05, 0.1) is 10.6 Å². The molecule has 0 aliphatic rings. The van der Waals surface area contributed by atoms with Crippen LogP contribution in [0, 0.1) is 0 Å². The number of sulfonamides is 1. The molecule has 0 aliphatic heterocycles. The van der Waals surface area contributed by atoms with Crippen molar-refractivity contribution < 1.29 is 16.8 Å². The summed E-state index contributed by atoms with van der Waals surface area (Å²) in [6.45, 7) is 2.14. The molecule has 19 heavy (non-hydrogen) atoms. The molecule has 0 radical (unpaired) electrons. The first-order valence-electron chi connectivity index (χ1n) is 5.25. The zero-order valence-electron chi connectivity index (χ0n) is 10.1. The highest BCUT2D eigenvalue weighted by molar-refractivity contribution is 9.10. The van der Waals surface area contributed by atoms with Crippen molar-refractivity contribution >= 4 is 41.8 Å². The maximum absolute atomic E-state index is 11.6. The summed E-state index contributed by atoms with van der Waals surface area (Å²) in [4.78, 5) is -0.108. The van der Waals surface area contributed by atoms with Crippen LogP contribution in [0.1, 0.15) is 13.3 Å². The predicted molar refractivity (Wildman–Crippen MR) is 76.4 cm³/mol. The number of halogens is 1. The van der Waals surface area contributed by atoms with Crippen LogP contribution in [0.25, 0.3) is 0 Å². The second kappa shape index (κ2) is 6.18. The Labute approximate surface area is 120 Å². The van der Waals surface area contributed by atoms with Crippen molar-refractivity contribution in [1.82, 2.24) is 4.72 Å². The van der Waals surface area contributed by atoms with Crippen LogP contribution in [0.5, 0.6) is 0 Å². The van der Waals surface area contributed by atoms with E-state index >= 15 is 0 Å². The Kier molecular flexibility index (Phi) is 5.33. The number of hydrogen-bond acceptors (Lipinski definition) is 4. The van der Waals surface area contributed by atoms with Gasteiger partial charge in [-0.2, -0.15) is 13.1 Å². The lowest BCUT2D eigenvalue weighted by Gasteiger charge is -2.11. The van der Waals surface area contributed by atoms with Crippen LogP contribution in [-0.4, -0.2) is 23.4 Å². The Morgan fingerprint density at radius 2 is 1.89 bits per heavy atom. The molecule has 0 heterocycles. The number of rotatable bonds is 6. The van der Waals surface area contributed by atoms with Crippen LogP contribution in [0.4, 0.5) is 5.69 Å². The molecular weight excluding hydrogens is 358 g/mol. The van der Waals surface area contributed by atoms with E-state index in [1.807, 2.05) is 6.92 Å². The summed E-state index contributed by atoms with van der Waals surface area (Å²) in [5.74, 6) is 0. The molecule has 7 nitrogen and oxygen atoms in total. The first kappa shape index (κ1) is 16.4. The first-order chi connectivity index (χ1) is 8.65. The van der Waals surface area contributed by atoms with E-state index in [1.165, 1.54) is 18.2 Å². The predicted octanol–water partition coefficient (Wildman–Crippen LogP) is 0.753. The number of benzene rings is 1. The van der Waals surface area contributed by atoms with Gasteiger partial charge < -0.3 is 0 Å². The number of hydrogen-bond donors (Lipinski definition) is 3. The highest BCUT2D eigenvalue weighted by Crippen LogP contribution is 2.25. The molecule has 0 spiro atoms. The average Bonchev–Trinajstić information content (AvgIpc) is 2.27. The Bertz CT molecular complexity index is 658. The molecule has 0 fully saturated rings. The molecule has 0 aliphatic carbocycles. The van der Waals surface area contributed by atoms with Gasteiger partial charge in [0.25, 0.3) is 10.2 Å². The van der Waals surface area contributed by atoms with Gasteiger partial charge in [-0.25, -0.2) is 13.6 Å². The van der Waals surface area contributed by atoms with E-state index in [9.17, 15) is 16.8 Å². The number of nitrogens with two attached hydrogens (primary N) is 1. The van der Waals surface area contributed by atoms with E-state index in [1.54, 1.807) is 0 Å². The summed E-state index contributed by atoms with van der Waals surface area (Å²) < 4.78 is 50.4. The van der Waals surface area contributed by atoms with Crippen molar-refractivity contribution in [2.45, 2.75) is 18.2 Å². The Balaban J connectivity index is 2.99. The Hall–Kier alpha value is -0.680. The van der Waals surface area contributed by atoms with Crippen molar-refractivity contribution in [2.24, 2.45) is 5.14 Å². The second-order valence-electron chi connectivity index (χ2n) is 3.69. The van der Waals surface area contributed by atoms with Gasteiger partial charge in [-0.15, -0.1) is 0 Å². The zero-order valence-corrected chi connectivity index (χ0v) is 13.3. The lowest BCUT2D eigenvalue weighted by atomic mass is 10.3. The monoisotopic (exact) mass is 371 g/mol. The van der Waals surface area contributed by atoms with Gasteiger partial charge >= 0.3 is 0 Å². The van der Waals surface area contributed by atoms with E-state index in [0.717, 1.165) is 0 Å². The normalized spacial score (nSPS) is 12.4. The summed E-state index contributed by atoms with van der Waals surface area (Å²) in [5.41, 5.74) is 0.219. The lowest BCUT2D eigenvalue weighted by Crippen LogP contribution is -2.30. The fourth-order valence-electron chi connectivity index (χ4n) is 1.17. The molecule has 0 atom stereocenters. The van der Waals surface area contributed by atoms with Crippen LogP contribution >= 0.6 is 15.9 Å². The standard InChI is InChI=1S/C9H14BrN3O4S2/c1-2-5-12-19(16,17)13-9-4-3-7(6-8(9)10)18(11,14)15/h3-4,6,12-13H,2,5H2,1H3,(H2,11,14,15). The van der Waals surface area contributed by atoms with Crippen molar-refractivity contribution in [3.05, 3.63) is 22.7 Å². The smallest absolute Gasteiger partial charge is 0.270 e. The third-order valence-electron chi connectivity index (χ3n) is 2.06. The van der Waals surface area contributed by atoms with Crippen molar-refractivity contribution in [2.75, 3.05) is 11.3 Å². The second-order valence-corrected chi connectivity index (χ2v) is 7.60. The van der Waals surface area contributed by atoms with Crippen LogP contribution in [-0.2, 0) is 20.2 Å². The highest BCUT2D eigenvalue weighted by atomic mass is 79.9. The Morgan fingerprint density at radius 1 is 1.26 bits per heavy atom. The van der Waals surface area contributed by atoms with Crippen LogP contribution in [0.3, 0.4) is 0 Å². The van der Waals surface area contributed by atoms with Crippen LogP contribution in [0.2, 0.25) is 0 Å². The molecule has 0 saturated carbocycles. The van der Waals surface area contributed by atoms with E-state index in [2.05, 4.69) is 25.4 Å². The Morgan fingerprint density at radius 3 is 2.37 bits per heavy atom. The zero-order chi connectivity index (χ0) is 14.7. The molecule has 10 heteroatoms. The third kappa shape index (κ3) is 5.07. The fourth-order valence-corrected chi connectivity index (χ4v) is 3.49. The molecule has 1 rings (SSSR count). The van der Waals surface area contributed by atoms with E-state index in [0.29, 0.717) is 13.0 Å². The molecule has 0 saturated heterocycles. The summed E-state index contributed by atoms with van der Waals surface area (Å²) in [6.07, 6.45) is 0.659. The van der Waals surface area contributed by atoms with Gasteiger partial charge in [-0.05, 0) is 40.5 Å². The highest BCUT2D eigenvalue weighted by Gasteiger charge is 2.14. The lowest BCUT2D eigenvalue weighted by molar-refractivity contribution is 0.586. The molecule has 0 unspecified atom stereocenters. The molecule has 108 valence electrons. The van der Waals surface area contributed by atoms with Crippen molar-refractivity contribution in [3.8, 4) is 0 Å². The van der Waals surface area contributed by atoms with Crippen LogP contribution < -0.4 is 14.6 Å². The summed E-state index contributed by atoms with van der Waals surface area (Å²) in [5, 5.41) is 4.97. The molecular formula is C9H14BrN3O4S2. The van der Waals surface area contributed by atoms with Gasteiger partial charge in [0, 0.05) is 11.0 Å². The minimum absolute atomic E-state index is 0.108. The summed E-state index contributed by atoms with van der Waals surface area (Å²) >= 11 is 3.09. The van der Waals surface area contributed by atoms with E-state index < -0.39 is 20.2 Å². The molecule has 0 amide bonds. The maximum Gasteiger partial charge on any atom is 0.299 e. The summed E-state index contributed by atoms with van der Waals surface area (Å²) in [7, 11) is -7.50. The maximum atomic E-state index is 11.6. The number of anilines is 1. The molecule has 1 aromatic carbocycles. The number of primary sulfonamides is 1. The van der Waals surface area contributed by atoms with Gasteiger partial charge in [0.15, 0.2) is 0 Å². The molecule has 4 N–H and O–H groups in total. The topological polar surface area (TPSA) is 118 Å². The molecule has 0 bridgehead atoms. The first-order valence-corrected chi connectivity index (χ1v) is 9.07. The van der Waals surface area contributed by atoms with E-state index in [4.69, 9.17) is 5.14 Å². The molecule has 0 aromatic heterocycles. The van der Waals surface area contributed by atoms with Crippen LogP contribution in [0.15, 0.2) is 27.6 Å². The largest absolute Gasteiger partial charge is 0.299 e. The third-order valence-corrected chi connectivity index (χ3v) is 4.70. The quantitative estimate of drug-likeness (QED) is 0.683. The van der Waals surface area contributed by atoms with Crippen molar-refractivity contribution in [1.29, 1.82) is 0 Å². The van der Waals surface area contributed by atoms with Gasteiger partial charge in [0.1, 0.15) is 0 Å². The van der Waals surface area contributed by atoms with Gasteiger partial charge in [0.2, 0.25) is 10.0 Å². The average molecular weight is 372 g/mol.